The van der Waals surface area contributed by atoms with Crippen LogP contribution in [0.15, 0.2) is 54.6 Å². The van der Waals surface area contributed by atoms with Crippen LogP contribution in [0.2, 0.25) is 0 Å². The number of nitrogen functional groups attached to an aromatic ring is 2. The highest BCUT2D eigenvalue weighted by Crippen LogP contribution is 2.22. The Hall–Kier alpha value is -2.66. The van der Waals surface area contributed by atoms with Crippen molar-refractivity contribution in [3.05, 3.63) is 60.2 Å². The first-order valence-corrected chi connectivity index (χ1v) is 7.18. The number of benzene rings is 2. The Morgan fingerprint density at radius 1 is 0.864 bits per heavy atom. The molecule has 0 fully saturated rings. The van der Waals surface area contributed by atoms with Crippen LogP contribution in [-0.4, -0.2) is 18.2 Å². The van der Waals surface area contributed by atoms with Crippen molar-refractivity contribution in [3.63, 3.8) is 0 Å². The molecule has 0 aliphatic carbocycles. The lowest BCUT2D eigenvalue weighted by Crippen LogP contribution is -2.05. The topological polar surface area (TPSA) is 96.3 Å². The first-order chi connectivity index (χ1) is 10.7. The molecule has 116 valence electrons. The molecular formula is C17H22N4O. The number of anilines is 4. The summed E-state index contributed by atoms with van der Waals surface area (Å²) in [6.07, 6.45) is 4.03. The van der Waals surface area contributed by atoms with Crippen molar-refractivity contribution in [2.45, 2.75) is 6.61 Å². The van der Waals surface area contributed by atoms with Crippen molar-refractivity contribution in [3.8, 4) is 0 Å². The van der Waals surface area contributed by atoms with Crippen LogP contribution in [-0.2, 0) is 6.61 Å². The lowest BCUT2D eigenvalue weighted by atomic mass is 10.1. The van der Waals surface area contributed by atoms with Gasteiger partial charge in [0.25, 0.3) is 0 Å². The number of nitrogens with one attached hydrogen (secondary N) is 2. The number of nitrogens with two attached hydrogens (primary N) is 2. The third-order valence-corrected chi connectivity index (χ3v) is 3.31. The van der Waals surface area contributed by atoms with Crippen molar-refractivity contribution in [1.29, 1.82) is 0 Å². The molecule has 0 unspecified atom stereocenters. The molecule has 0 saturated heterocycles. The van der Waals surface area contributed by atoms with E-state index in [2.05, 4.69) is 10.6 Å². The molecular weight excluding hydrogens is 276 g/mol. The van der Waals surface area contributed by atoms with E-state index < -0.39 is 0 Å². The van der Waals surface area contributed by atoms with Gasteiger partial charge in [-0.05, 0) is 18.2 Å². The summed E-state index contributed by atoms with van der Waals surface area (Å²) in [4.78, 5) is 0. The third-order valence-electron chi connectivity index (χ3n) is 3.31. The Morgan fingerprint density at radius 2 is 1.50 bits per heavy atom. The number of para-hydroxylation sites is 3. The van der Waals surface area contributed by atoms with Crippen LogP contribution in [0.3, 0.4) is 0 Å². The van der Waals surface area contributed by atoms with Crippen LogP contribution in [0, 0.1) is 0 Å². The molecule has 0 saturated carbocycles. The minimum absolute atomic E-state index is 0.0559. The second kappa shape index (κ2) is 7.95. The maximum atomic E-state index is 9.17. The van der Waals surface area contributed by atoms with E-state index in [0.29, 0.717) is 18.8 Å². The molecule has 0 aliphatic rings. The summed E-state index contributed by atoms with van der Waals surface area (Å²) in [6, 6.07) is 13.2. The molecule has 0 bridgehead atoms. The van der Waals surface area contributed by atoms with Crippen molar-refractivity contribution < 1.29 is 5.11 Å². The molecule has 7 N–H and O–H groups in total. The number of aliphatic hydroxyl groups excluding tert-OH is 1. The number of hydrogen-bond acceptors (Lipinski definition) is 5. The van der Waals surface area contributed by atoms with Gasteiger partial charge in [0, 0.05) is 18.7 Å². The molecule has 0 radical (unpaired) electrons. The summed E-state index contributed by atoms with van der Waals surface area (Å²) in [5, 5.41) is 15.6. The summed E-state index contributed by atoms with van der Waals surface area (Å²) in [7, 11) is 0. The first-order valence-electron chi connectivity index (χ1n) is 7.18. The molecule has 0 aliphatic heterocycles. The van der Waals surface area contributed by atoms with Crippen molar-refractivity contribution >= 4 is 22.7 Å². The quantitative estimate of drug-likeness (QED) is 0.399. The van der Waals surface area contributed by atoms with Gasteiger partial charge in [0.2, 0.25) is 0 Å². The van der Waals surface area contributed by atoms with E-state index in [1.807, 2.05) is 54.6 Å². The fourth-order valence-electron chi connectivity index (χ4n) is 2.07. The highest BCUT2D eigenvalue weighted by Gasteiger charge is 2.02. The van der Waals surface area contributed by atoms with Crippen molar-refractivity contribution in [2.75, 3.05) is 35.2 Å². The predicted molar refractivity (Wildman–Crippen MR) is 93.8 cm³/mol. The second-order valence-electron chi connectivity index (χ2n) is 4.86. The molecule has 0 atom stereocenters. The highest BCUT2D eigenvalue weighted by atomic mass is 16.3. The van der Waals surface area contributed by atoms with Crippen molar-refractivity contribution in [2.24, 2.45) is 0 Å². The summed E-state index contributed by atoms with van der Waals surface area (Å²) >= 11 is 0. The molecule has 2 aromatic rings. The predicted octanol–water partition coefficient (Wildman–Crippen LogP) is 2.42. The fraction of sp³-hybridized carbons (Fsp3) is 0.176. The minimum atomic E-state index is -0.0559. The fourth-order valence-corrected chi connectivity index (χ4v) is 2.07. The zero-order chi connectivity index (χ0) is 15.8. The molecule has 22 heavy (non-hydrogen) atoms. The normalized spacial score (nSPS) is 10.8. The number of aliphatic hydroxyl groups is 1. The minimum Gasteiger partial charge on any atom is -0.397 e. The van der Waals surface area contributed by atoms with Crippen LogP contribution < -0.4 is 22.1 Å². The van der Waals surface area contributed by atoms with Gasteiger partial charge in [-0.2, -0.15) is 0 Å². The number of hydrogen-bond donors (Lipinski definition) is 5. The Morgan fingerprint density at radius 3 is 2.18 bits per heavy atom. The first kappa shape index (κ1) is 15.7. The van der Waals surface area contributed by atoms with Gasteiger partial charge in [-0.3, -0.25) is 0 Å². The largest absolute Gasteiger partial charge is 0.397 e. The second-order valence-corrected chi connectivity index (χ2v) is 4.86. The van der Waals surface area contributed by atoms with Gasteiger partial charge in [-0.1, -0.05) is 36.4 Å². The molecule has 2 aromatic carbocycles. The van der Waals surface area contributed by atoms with Crippen LogP contribution in [0.1, 0.15) is 5.56 Å². The standard InChI is InChI=1S/C17H22N4O/c18-14-7-1-2-8-15(14)20-10-3-4-11-21-16-9-5-6-13(12-22)17(16)19/h1-9,20-22H,10-12,18-19H2/b4-3+. The Balaban J connectivity index is 1.78. The molecule has 5 heteroatoms. The van der Waals surface area contributed by atoms with Crippen LogP contribution in [0.25, 0.3) is 0 Å². The van der Waals surface area contributed by atoms with E-state index in [-0.39, 0.29) is 6.61 Å². The SMILES string of the molecule is Nc1ccccc1NC/C=C/CNc1cccc(CO)c1N. The Kier molecular flexibility index (Phi) is 5.68. The van der Waals surface area contributed by atoms with E-state index >= 15 is 0 Å². The van der Waals surface area contributed by atoms with E-state index in [1.165, 1.54) is 0 Å². The molecule has 0 spiro atoms. The summed E-state index contributed by atoms with van der Waals surface area (Å²) in [6.45, 7) is 1.30. The summed E-state index contributed by atoms with van der Waals surface area (Å²) < 4.78 is 0. The van der Waals surface area contributed by atoms with Gasteiger partial charge in [0.05, 0.1) is 29.4 Å². The summed E-state index contributed by atoms with van der Waals surface area (Å²) in [5.41, 5.74) is 15.6. The molecule has 0 heterocycles. The summed E-state index contributed by atoms with van der Waals surface area (Å²) in [5.74, 6) is 0. The average molecular weight is 298 g/mol. The smallest absolute Gasteiger partial charge is 0.0702 e. The van der Waals surface area contributed by atoms with E-state index in [9.17, 15) is 5.11 Å². The Labute approximate surface area is 130 Å². The average Bonchev–Trinajstić information content (AvgIpc) is 2.53. The molecule has 0 amide bonds. The molecule has 5 nitrogen and oxygen atoms in total. The van der Waals surface area contributed by atoms with Gasteiger partial charge in [0.1, 0.15) is 0 Å². The maximum absolute atomic E-state index is 9.17. The van der Waals surface area contributed by atoms with Crippen molar-refractivity contribution in [1.82, 2.24) is 0 Å². The lowest BCUT2D eigenvalue weighted by Gasteiger charge is -2.10. The third kappa shape index (κ3) is 4.17. The van der Waals surface area contributed by atoms with Crippen LogP contribution in [0.4, 0.5) is 22.7 Å². The van der Waals surface area contributed by atoms with Crippen LogP contribution in [0.5, 0.6) is 0 Å². The number of rotatable bonds is 7. The van der Waals surface area contributed by atoms with Gasteiger partial charge >= 0.3 is 0 Å². The van der Waals surface area contributed by atoms with Crippen LogP contribution >= 0.6 is 0 Å². The van der Waals surface area contributed by atoms with Gasteiger partial charge in [-0.15, -0.1) is 0 Å². The zero-order valence-electron chi connectivity index (χ0n) is 12.4. The Bertz CT molecular complexity index is 640. The van der Waals surface area contributed by atoms with Gasteiger partial charge in [0.15, 0.2) is 0 Å². The van der Waals surface area contributed by atoms with E-state index in [4.69, 9.17) is 11.5 Å². The highest BCUT2D eigenvalue weighted by molar-refractivity contribution is 5.70. The van der Waals surface area contributed by atoms with Gasteiger partial charge in [-0.25, -0.2) is 0 Å². The van der Waals surface area contributed by atoms with E-state index in [0.717, 1.165) is 22.6 Å². The van der Waals surface area contributed by atoms with E-state index in [1.54, 1.807) is 0 Å². The molecule has 0 aromatic heterocycles. The lowest BCUT2D eigenvalue weighted by molar-refractivity contribution is 0.282. The van der Waals surface area contributed by atoms with Gasteiger partial charge < -0.3 is 27.2 Å². The monoisotopic (exact) mass is 298 g/mol. The zero-order valence-corrected chi connectivity index (χ0v) is 12.4. The molecule has 2 rings (SSSR count). The maximum Gasteiger partial charge on any atom is 0.0702 e.